The first kappa shape index (κ1) is 15.2. The second-order valence-electron chi connectivity index (χ2n) is 6.16. The number of aliphatic hydroxyl groups is 1. The predicted octanol–water partition coefficient (Wildman–Crippen LogP) is 1.29. The maximum atomic E-state index is 9.16. The van der Waals surface area contributed by atoms with Gasteiger partial charge in [0.25, 0.3) is 0 Å². The van der Waals surface area contributed by atoms with Gasteiger partial charge < -0.3 is 21.4 Å². The molecule has 1 rings (SSSR count). The number of oxime groups is 1. The summed E-state index contributed by atoms with van der Waals surface area (Å²) in [6.45, 7) is 6.17. The van der Waals surface area contributed by atoms with Crippen molar-refractivity contribution in [3.63, 3.8) is 0 Å². The van der Waals surface area contributed by atoms with Crippen LogP contribution in [-0.2, 0) is 0 Å². The van der Waals surface area contributed by atoms with Crippen LogP contribution in [0.3, 0.4) is 0 Å². The molecule has 0 aromatic heterocycles. The van der Waals surface area contributed by atoms with Crippen LogP contribution >= 0.6 is 0 Å². The first-order valence-corrected chi connectivity index (χ1v) is 6.75. The van der Waals surface area contributed by atoms with Crippen LogP contribution in [-0.4, -0.2) is 35.8 Å². The molecule has 0 saturated heterocycles. The molecule has 1 aliphatic carbocycles. The molecule has 0 aromatic carbocycles. The highest BCUT2D eigenvalue weighted by molar-refractivity contribution is 5.85. The molecule has 0 unspecified atom stereocenters. The summed E-state index contributed by atoms with van der Waals surface area (Å²) in [7, 11) is 0. The van der Waals surface area contributed by atoms with Crippen molar-refractivity contribution < 1.29 is 10.3 Å². The van der Waals surface area contributed by atoms with Crippen molar-refractivity contribution in [3.05, 3.63) is 0 Å². The Morgan fingerprint density at radius 3 is 2.56 bits per heavy atom. The smallest absolute Gasteiger partial charge is 0.144 e. The third-order valence-corrected chi connectivity index (χ3v) is 4.00. The van der Waals surface area contributed by atoms with Gasteiger partial charge in [-0.2, -0.15) is 0 Å². The van der Waals surface area contributed by atoms with Crippen molar-refractivity contribution in [3.8, 4) is 0 Å². The highest BCUT2D eigenvalue weighted by Gasteiger charge is 2.41. The van der Waals surface area contributed by atoms with Gasteiger partial charge in [0.15, 0.2) is 0 Å². The minimum absolute atomic E-state index is 0.188. The molecule has 106 valence electrons. The zero-order valence-electron chi connectivity index (χ0n) is 11.6. The van der Waals surface area contributed by atoms with E-state index in [1.165, 1.54) is 0 Å². The van der Waals surface area contributed by atoms with Gasteiger partial charge in [0, 0.05) is 24.0 Å². The number of nitrogens with one attached hydrogen (secondary N) is 1. The molecule has 0 aromatic rings. The second kappa shape index (κ2) is 6.38. The van der Waals surface area contributed by atoms with Crippen molar-refractivity contribution in [1.82, 2.24) is 5.32 Å². The van der Waals surface area contributed by atoms with E-state index in [2.05, 4.69) is 10.5 Å². The van der Waals surface area contributed by atoms with Gasteiger partial charge in [0.05, 0.1) is 0 Å². The molecule has 0 amide bonds. The summed E-state index contributed by atoms with van der Waals surface area (Å²) in [5, 5.41) is 24.3. The Kier molecular flexibility index (Phi) is 5.41. The van der Waals surface area contributed by atoms with E-state index in [1.54, 1.807) is 0 Å². The average Bonchev–Trinajstić information content (AvgIpc) is 3.13. The molecule has 1 saturated carbocycles. The van der Waals surface area contributed by atoms with E-state index in [0.717, 1.165) is 45.2 Å². The fourth-order valence-corrected chi connectivity index (χ4v) is 2.00. The van der Waals surface area contributed by atoms with Crippen LogP contribution in [0.5, 0.6) is 0 Å². The summed E-state index contributed by atoms with van der Waals surface area (Å²) < 4.78 is 0. The molecular formula is C13H27N3O2. The number of hydrogen-bond acceptors (Lipinski definition) is 4. The number of hydrogen-bond donors (Lipinski definition) is 4. The molecule has 0 aliphatic heterocycles. The standard InChI is InChI=1S/C13H27N3O2/c1-12(2,11(14)16-18)5-3-4-8-15-9-13(10-17)6-7-13/h15,17-18H,3-10H2,1-2H3,(H2,14,16). The molecule has 5 heteroatoms. The van der Waals surface area contributed by atoms with Gasteiger partial charge in [-0.15, -0.1) is 0 Å². The number of unbranched alkanes of at least 4 members (excludes halogenated alkanes) is 1. The Bertz CT molecular complexity index is 286. The molecule has 5 N–H and O–H groups in total. The minimum Gasteiger partial charge on any atom is -0.409 e. The first-order valence-electron chi connectivity index (χ1n) is 6.75. The maximum Gasteiger partial charge on any atom is 0.144 e. The Balaban J connectivity index is 2.05. The Labute approximate surface area is 109 Å². The molecule has 0 atom stereocenters. The summed E-state index contributed by atoms with van der Waals surface area (Å²) in [4.78, 5) is 0. The lowest BCUT2D eigenvalue weighted by Crippen LogP contribution is -2.32. The predicted molar refractivity (Wildman–Crippen MR) is 72.7 cm³/mol. The summed E-state index contributed by atoms with van der Waals surface area (Å²) in [5.74, 6) is 0.299. The molecular weight excluding hydrogens is 230 g/mol. The fourth-order valence-electron chi connectivity index (χ4n) is 2.00. The quantitative estimate of drug-likeness (QED) is 0.165. The summed E-state index contributed by atoms with van der Waals surface area (Å²) in [5.41, 5.74) is 5.58. The summed E-state index contributed by atoms with van der Waals surface area (Å²) >= 11 is 0. The SMILES string of the molecule is CC(C)(CCCCNCC1(CO)CC1)C(N)=NO. The van der Waals surface area contributed by atoms with E-state index in [-0.39, 0.29) is 10.8 Å². The van der Waals surface area contributed by atoms with Gasteiger partial charge in [-0.05, 0) is 32.2 Å². The van der Waals surface area contributed by atoms with Gasteiger partial charge in [0.2, 0.25) is 0 Å². The van der Waals surface area contributed by atoms with Gasteiger partial charge in [-0.25, -0.2) is 0 Å². The summed E-state index contributed by atoms with van der Waals surface area (Å²) in [6.07, 6.45) is 5.32. The third kappa shape index (κ3) is 4.46. The topological polar surface area (TPSA) is 90.9 Å². The lowest BCUT2D eigenvalue weighted by molar-refractivity contribution is 0.207. The van der Waals surface area contributed by atoms with E-state index in [0.29, 0.717) is 12.4 Å². The molecule has 0 bridgehead atoms. The normalized spacial score (nSPS) is 18.9. The zero-order chi connectivity index (χ0) is 13.6. The second-order valence-corrected chi connectivity index (χ2v) is 6.16. The number of nitrogens with zero attached hydrogens (tertiary/aromatic N) is 1. The van der Waals surface area contributed by atoms with Crippen molar-refractivity contribution >= 4 is 5.84 Å². The van der Waals surface area contributed by atoms with Gasteiger partial charge in [-0.1, -0.05) is 25.4 Å². The van der Waals surface area contributed by atoms with Gasteiger partial charge >= 0.3 is 0 Å². The van der Waals surface area contributed by atoms with Crippen LogP contribution in [0.15, 0.2) is 5.16 Å². The van der Waals surface area contributed by atoms with E-state index in [4.69, 9.17) is 16.0 Å². The molecule has 1 aliphatic rings. The number of amidine groups is 1. The van der Waals surface area contributed by atoms with Crippen LogP contribution in [0.25, 0.3) is 0 Å². The van der Waals surface area contributed by atoms with E-state index >= 15 is 0 Å². The number of nitrogens with two attached hydrogens (primary N) is 1. The summed E-state index contributed by atoms with van der Waals surface area (Å²) in [6, 6.07) is 0. The van der Waals surface area contributed by atoms with Crippen LogP contribution in [0, 0.1) is 10.8 Å². The van der Waals surface area contributed by atoms with Crippen LogP contribution in [0.2, 0.25) is 0 Å². The van der Waals surface area contributed by atoms with E-state index in [1.807, 2.05) is 13.8 Å². The third-order valence-electron chi connectivity index (χ3n) is 4.00. The van der Waals surface area contributed by atoms with Crippen molar-refractivity contribution in [2.75, 3.05) is 19.7 Å². The Hall–Kier alpha value is -0.810. The van der Waals surface area contributed by atoms with Gasteiger partial charge in [0.1, 0.15) is 5.84 Å². The minimum atomic E-state index is -0.239. The van der Waals surface area contributed by atoms with Crippen LogP contribution in [0.4, 0.5) is 0 Å². The Morgan fingerprint density at radius 2 is 2.06 bits per heavy atom. The van der Waals surface area contributed by atoms with Crippen LogP contribution < -0.4 is 11.1 Å². The lowest BCUT2D eigenvalue weighted by atomic mass is 9.86. The molecule has 5 nitrogen and oxygen atoms in total. The average molecular weight is 257 g/mol. The first-order chi connectivity index (χ1) is 8.46. The highest BCUT2D eigenvalue weighted by Crippen LogP contribution is 2.44. The molecule has 0 radical (unpaired) electrons. The largest absolute Gasteiger partial charge is 0.409 e. The number of aliphatic hydroxyl groups excluding tert-OH is 1. The molecule has 1 fully saturated rings. The molecule has 0 heterocycles. The van der Waals surface area contributed by atoms with E-state index < -0.39 is 0 Å². The van der Waals surface area contributed by atoms with Crippen molar-refractivity contribution in [2.45, 2.75) is 46.0 Å². The maximum absolute atomic E-state index is 9.16. The zero-order valence-corrected chi connectivity index (χ0v) is 11.6. The van der Waals surface area contributed by atoms with Crippen molar-refractivity contribution in [2.24, 2.45) is 21.7 Å². The fraction of sp³-hybridized carbons (Fsp3) is 0.923. The monoisotopic (exact) mass is 257 g/mol. The lowest BCUT2D eigenvalue weighted by Gasteiger charge is -2.22. The van der Waals surface area contributed by atoms with E-state index in [9.17, 15) is 0 Å². The molecule has 18 heavy (non-hydrogen) atoms. The number of rotatable bonds is 9. The van der Waals surface area contributed by atoms with Gasteiger partial charge in [-0.3, -0.25) is 0 Å². The molecule has 0 spiro atoms. The highest BCUT2D eigenvalue weighted by atomic mass is 16.4. The van der Waals surface area contributed by atoms with Crippen LogP contribution in [0.1, 0.15) is 46.0 Å². The van der Waals surface area contributed by atoms with Crippen molar-refractivity contribution in [1.29, 1.82) is 0 Å². The Morgan fingerprint density at radius 1 is 1.39 bits per heavy atom.